The number of carboxylic acid groups (broad SMARTS) is 1. The molecule has 2 aromatic carbocycles. The quantitative estimate of drug-likeness (QED) is 0.789. The molecule has 106 valence electrons. The highest BCUT2D eigenvalue weighted by molar-refractivity contribution is 7.21. The van der Waals surface area contributed by atoms with Gasteiger partial charge in [0.05, 0.1) is 22.4 Å². The molecule has 1 aromatic heterocycles. The Morgan fingerprint density at radius 2 is 2.10 bits per heavy atom. The van der Waals surface area contributed by atoms with Gasteiger partial charge in [-0.15, -0.1) is 11.3 Å². The zero-order chi connectivity index (χ0) is 14.8. The second kappa shape index (κ2) is 5.54. The van der Waals surface area contributed by atoms with Gasteiger partial charge in [0.25, 0.3) is 0 Å². The molecule has 0 atom stereocenters. The number of hydrogen-bond donors (Lipinski definition) is 1. The summed E-state index contributed by atoms with van der Waals surface area (Å²) in [6.07, 6.45) is 0. The number of nitrogens with zero attached hydrogens (tertiary/aromatic N) is 1. The smallest absolute Gasteiger partial charge is 0.336 e. The van der Waals surface area contributed by atoms with Crippen LogP contribution in [0.1, 0.15) is 17.3 Å². The largest absolute Gasteiger partial charge is 0.494 e. The van der Waals surface area contributed by atoms with Crippen molar-refractivity contribution in [1.29, 1.82) is 0 Å². The zero-order valence-corrected chi connectivity index (χ0v) is 12.2. The summed E-state index contributed by atoms with van der Waals surface area (Å²) in [6.45, 7) is 2.55. The first-order valence-corrected chi connectivity index (χ1v) is 7.36. The minimum Gasteiger partial charge on any atom is -0.494 e. The number of fused-ring (bicyclic) bond motifs is 1. The van der Waals surface area contributed by atoms with Gasteiger partial charge in [-0.2, -0.15) is 0 Å². The molecule has 0 fully saturated rings. The monoisotopic (exact) mass is 299 g/mol. The van der Waals surface area contributed by atoms with Crippen LogP contribution >= 0.6 is 11.3 Å². The Labute approximate surface area is 125 Å². The van der Waals surface area contributed by atoms with E-state index in [1.807, 2.05) is 31.2 Å². The standard InChI is InChI=1S/C16H13NO3S/c1-2-20-10-7-8-13-14(9-10)21-15(17-13)11-5-3-4-6-12(11)16(18)19/h3-9H,2H2,1H3,(H,18,19). The predicted molar refractivity (Wildman–Crippen MR) is 83.2 cm³/mol. The van der Waals surface area contributed by atoms with Crippen molar-refractivity contribution in [2.24, 2.45) is 0 Å². The number of carbonyl (C=O) groups is 1. The van der Waals surface area contributed by atoms with E-state index in [1.165, 1.54) is 11.3 Å². The van der Waals surface area contributed by atoms with Crippen LogP contribution in [0.15, 0.2) is 42.5 Å². The van der Waals surface area contributed by atoms with Crippen molar-refractivity contribution in [1.82, 2.24) is 4.98 Å². The number of ether oxygens (including phenoxy) is 1. The third-order valence-corrected chi connectivity index (χ3v) is 4.11. The summed E-state index contributed by atoms with van der Waals surface area (Å²) in [5, 5.41) is 9.98. The van der Waals surface area contributed by atoms with Crippen molar-refractivity contribution >= 4 is 27.5 Å². The number of rotatable bonds is 4. The van der Waals surface area contributed by atoms with Gasteiger partial charge in [-0.1, -0.05) is 18.2 Å². The minimum absolute atomic E-state index is 0.265. The number of thiazole rings is 1. The van der Waals surface area contributed by atoms with Crippen molar-refractivity contribution < 1.29 is 14.6 Å². The van der Waals surface area contributed by atoms with E-state index in [1.54, 1.807) is 18.2 Å². The Morgan fingerprint density at radius 3 is 2.86 bits per heavy atom. The molecule has 1 N–H and O–H groups in total. The van der Waals surface area contributed by atoms with E-state index in [0.717, 1.165) is 16.0 Å². The van der Waals surface area contributed by atoms with E-state index >= 15 is 0 Å². The van der Waals surface area contributed by atoms with Gasteiger partial charge in [0, 0.05) is 5.56 Å². The average Bonchev–Trinajstić information content (AvgIpc) is 2.90. The van der Waals surface area contributed by atoms with Crippen molar-refractivity contribution in [2.45, 2.75) is 6.92 Å². The second-order valence-electron chi connectivity index (χ2n) is 4.43. The van der Waals surface area contributed by atoms with Crippen LogP contribution in [0.5, 0.6) is 5.75 Å². The van der Waals surface area contributed by atoms with Gasteiger partial charge in [-0.25, -0.2) is 9.78 Å². The molecule has 0 bridgehead atoms. The van der Waals surface area contributed by atoms with E-state index in [-0.39, 0.29) is 5.56 Å². The number of aromatic carboxylic acids is 1. The second-order valence-corrected chi connectivity index (χ2v) is 5.46. The van der Waals surface area contributed by atoms with Crippen molar-refractivity contribution in [2.75, 3.05) is 6.61 Å². The SMILES string of the molecule is CCOc1ccc2nc(-c3ccccc3C(=O)O)sc2c1. The summed E-state index contributed by atoms with van der Waals surface area (Å²) < 4.78 is 6.46. The van der Waals surface area contributed by atoms with Gasteiger partial charge in [-0.05, 0) is 31.2 Å². The maximum absolute atomic E-state index is 11.3. The first-order valence-electron chi connectivity index (χ1n) is 6.55. The van der Waals surface area contributed by atoms with Gasteiger partial charge in [-0.3, -0.25) is 0 Å². The first kappa shape index (κ1) is 13.6. The lowest BCUT2D eigenvalue weighted by atomic mass is 10.1. The molecule has 0 saturated heterocycles. The molecule has 0 unspecified atom stereocenters. The van der Waals surface area contributed by atoms with Crippen LogP contribution in [-0.4, -0.2) is 22.7 Å². The first-order chi connectivity index (χ1) is 10.2. The minimum atomic E-state index is -0.945. The number of aromatic nitrogens is 1. The summed E-state index contributed by atoms with van der Waals surface area (Å²) >= 11 is 1.47. The fourth-order valence-corrected chi connectivity index (χ4v) is 3.17. The molecule has 0 aliphatic carbocycles. The van der Waals surface area contributed by atoms with Crippen molar-refractivity contribution in [3.05, 3.63) is 48.0 Å². The van der Waals surface area contributed by atoms with Crippen molar-refractivity contribution in [3.63, 3.8) is 0 Å². The van der Waals surface area contributed by atoms with Crippen LogP contribution in [0, 0.1) is 0 Å². The van der Waals surface area contributed by atoms with Gasteiger partial charge in [0.2, 0.25) is 0 Å². The van der Waals surface area contributed by atoms with Crippen LogP contribution in [0.3, 0.4) is 0 Å². The van der Waals surface area contributed by atoms with Gasteiger partial charge >= 0.3 is 5.97 Å². The number of carboxylic acids is 1. The van der Waals surface area contributed by atoms with E-state index < -0.39 is 5.97 Å². The summed E-state index contributed by atoms with van der Waals surface area (Å²) in [4.78, 5) is 15.8. The Morgan fingerprint density at radius 1 is 1.29 bits per heavy atom. The molecule has 1 heterocycles. The lowest BCUT2D eigenvalue weighted by Crippen LogP contribution is -1.98. The van der Waals surface area contributed by atoms with E-state index in [9.17, 15) is 9.90 Å². The summed E-state index contributed by atoms with van der Waals surface area (Å²) in [7, 11) is 0. The Hall–Kier alpha value is -2.40. The lowest BCUT2D eigenvalue weighted by Gasteiger charge is -2.01. The molecule has 21 heavy (non-hydrogen) atoms. The molecule has 0 spiro atoms. The Kier molecular flexibility index (Phi) is 3.58. The van der Waals surface area contributed by atoms with Crippen molar-refractivity contribution in [3.8, 4) is 16.3 Å². The van der Waals surface area contributed by atoms with Crippen LogP contribution in [0.25, 0.3) is 20.8 Å². The molecule has 3 aromatic rings. The Balaban J connectivity index is 2.11. The molecular weight excluding hydrogens is 286 g/mol. The normalized spacial score (nSPS) is 10.7. The van der Waals surface area contributed by atoms with Crippen LogP contribution in [0.2, 0.25) is 0 Å². The topological polar surface area (TPSA) is 59.4 Å². The molecule has 4 nitrogen and oxygen atoms in total. The highest BCUT2D eigenvalue weighted by Gasteiger charge is 2.14. The molecule has 5 heteroatoms. The van der Waals surface area contributed by atoms with Gasteiger partial charge < -0.3 is 9.84 Å². The number of benzene rings is 2. The third kappa shape index (κ3) is 2.60. The van der Waals surface area contributed by atoms with Crippen LogP contribution in [0.4, 0.5) is 0 Å². The third-order valence-electron chi connectivity index (χ3n) is 3.06. The van der Waals surface area contributed by atoms with E-state index in [0.29, 0.717) is 17.2 Å². The maximum Gasteiger partial charge on any atom is 0.336 e. The molecule has 0 amide bonds. The molecule has 0 aliphatic heterocycles. The zero-order valence-electron chi connectivity index (χ0n) is 11.4. The lowest BCUT2D eigenvalue weighted by molar-refractivity contribution is 0.0697. The number of hydrogen-bond acceptors (Lipinski definition) is 4. The predicted octanol–water partition coefficient (Wildman–Crippen LogP) is 4.06. The summed E-state index contributed by atoms with van der Waals surface area (Å²) in [5.74, 6) is -0.147. The fraction of sp³-hybridized carbons (Fsp3) is 0.125. The van der Waals surface area contributed by atoms with Crippen LogP contribution < -0.4 is 4.74 Å². The summed E-state index contributed by atoms with van der Waals surface area (Å²) in [5.41, 5.74) is 1.75. The maximum atomic E-state index is 11.3. The summed E-state index contributed by atoms with van der Waals surface area (Å²) in [6, 6.07) is 12.6. The Bertz CT molecular complexity index is 810. The van der Waals surface area contributed by atoms with E-state index in [4.69, 9.17) is 4.74 Å². The molecule has 3 rings (SSSR count). The highest BCUT2D eigenvalue weighted by atomic mass is 32.1. The van der Waals surface area contributed by atoms with Gasteiger partial charge in [0.15, 0.2) is 0 Å². The van der Waals surface area contributed by atoms with E-state index in [2.05, 4.69) is 4.98 Å². The average molecular weight is 299 g/mol. The van der Waals surface area contributed by atoms with Gasteiger partial charge in [0.1, 0.15) is 10.8 Å². The molecule has 0 aliphatic rings. The van der Waals surface area contributed by atoms with Crippen LogP contribution in [-0.2, 0) is 0 Å². The fourth-order valence-electron chi connectivity index (χ4n) is 2.13. The molecule has 0 saturated carbocycles. The highest BCUT2D eigenvalue weighted by Crippen LogP contribution is 2.33. The molecular formula is C16H13NO3S. The molecule has 0 radical (unpaired) electrons.